The van der Waals surface area contributed by atoms with Crippen LogP contribution in [-0.2, 0) is 10.4 Å². The molecule has 0 spiro atoms. The van der Waals surface area contributed by atoms with Gasteiger partial charge in [-0.25, -0.2) is 0 Å². The Kier molecular flexibility index (Phi) is 3.49. The molecule has 0 aliphatic heterocycles. The van der Waals surface area contributed by atoms with Gasteiger partial charge in [0.1, 0.15) is 17.1 Å². The van der Waals surface area contributed by atoms with Crippen LogP contribution in [0.4, 0.5) is 13.2 Å². The quantitative estimate of drug-likeness (QED) is 0.889. The van der Waals surface area contributed by atoms with E-state index < -0.39 is 35.4 Å². The third kappa shape index (κ3) is 2.88. The van der Waals surface area contributed by atoms with Gasteiger partial charge in [0.2, 0.25) is 11.5 Å². The summed E-state index contributed by atoms with van der Waals surface area (Å²) in [7, 11) is 0. The molecule has 1 aromatic heterocycles. The smallest absolute Gasteiger partial charge is 0.425 e. The molecular weight excluding hydrogens is 289 g/mol. The Morgan fingerprint density at radius 2 is 2.14 bits per heavy atom. The van der Waals surface area contributed by atoms with Gasteiger partial charge in [-0.2, -0.15) is 18.4 Å². The number of alkyl halides is 3. The minimum Gasteiger partial charge on any atom is -0.463 e. The van der Waals surface area contributed by atoms with Gasteiger partial charge in [0.15, 0.2) is 0 Å². The highest BCUT2D eigenvalue weighted by Crippen LogP contribution is 2.43. The highest BCUT2D eigenvalue weighted by atomic mass is 19.4. The first kappa shape index (κ1) is 15.4. The average molecular weight is 302 g/mol. The highest BCUT2D eigenvalue weighted by molar-refractivity contribution is 5.79. The Balaban J connectivity index is 2.22. The second-order valence-electron chi connectivity index (χ2n) is 5.19. The van der Waals surface area contributed by atoms with Gasteiger partial charge in [-0.05, 0) is 31.9 Å². The van der Waals surface area contributed by atoms with Gasteiger partial charge in [-0.3, -0.25) is 4.79 Å². The van der Waals surface area contributed by atoms with E-state index in [2.05, 4.69) is 5.32 Å². The highest BCUT2D eigenvalue weighted by Gasteiger charge is 2.59. The van der Waals surface area contributed by atoms with Gasteiger partial charge < -0.3 is 14.8 Å². The number of carbonyl (C=O) groups excluding carboxylic acids is 1. The third-order valence-electron chi connectivity index (χ3n) is 3.38. The van der Waals surface area contributed by atoms with Crippen molar-refractivity contribution in [2.75, 3.05) is 0 Å². The van der Waals surface area contributed by atoms with Gasteiger partial charge in [0.05, 0.1) is 12.5 Å². The SMILES string of the molecule is Cc1ccc(C(O)(CC(=O)NC2(C#N)CC2)C(F)(F)F)o1. The number of aryl methyl sites for hydroxylation is 1. The lowest BCUT2D eigenvalue weighted by atomic mass is 9.95. The van der Waals surface area contributed by atoms with E-state index in [0.717, 1.165) is 6.07 Å². The molecule has 1 amide bonds. The number of furan rings is 1. The van der Waals surface area contributed by atoms with Crippen LogP contribution in [0, 0.1) is 18.3 Å². The molecule has 1 aliphatic carbocycles. The van der Waals surface area contributed by atoms with Crippen molar-refractivity contribution in [3.63, 3.8) is 0 Å². The zero-order valence-electron chi connectivity index (χ0n) is 11.1. The molecule has 0 saturated heterocycles. The van der Waals surface area contributed by atoms with E-state index in [1.165, 1.54) is 13.0 Å². The Bertz CT molecular complexity index is 599. The van der Waals surface area contributed by atoms with Crippen molar-refractivity contribution in [2.45, 2.75) is 43.5 Å². The lowest BCUT2D eigenvalue weighted by Gasteiger charge is -2.28. The normalized spacial score (nSPS) is 19.4. The summed E-state index contributed by atoms with van der Waals surface area (Å²) in [6.07, 6.45) is -5.57. The first-order chi connectivity index (χ1) is 9.62. The number of rotatable bonds is 4. The predicted molar refractivity (Wildman–Crippen MR) is 63.7 cm³/mol. The van der Waals surface area contributed by atoms with Crippen LogP contribution in [0.1, 0.15) is 30.8 Å². The Morgan fingerprint density at radius 3 is 2.52 bits per heavy atom. The molecule has 5 nitrogen and oxygen atoms in total. The monoisotopic (exact) mass is 302 g/mol. The zero-order chi connectivity index (χ0) is 15.9. The fraction of sp³-hybridized carbons (Fsp3) is 0.538. The van der Waals surface area contributed by atoms with Crippen LogP contribution in [0.15, 0.2) is 16.5 Å². The molecular formula is C13H13F3N2O3. The fourth-order valence-corrected chi connectivity index (χ4v) is 1.92. The van der Waals surface area contributed by atoms with Crippen LogP contribution in [0.3, 0.4) is 0 Å². The molecule has 114 valence electrons. The molecule has 2 rings (SSSR count). The lowest BCUT2D eigenvalue weighted by molar-refractivity contribution is -0.273. The standard InChI is InChI=1S/C13H13F3N2O3/c1-8-2-3-9(21-8)12(20,13(14,15)16)6-10(19)18-11(7-17)4-5-11/h2-3,20H,4-6H2,1H3,(H,18,19). The van der Waals surface area contributed by atoms with Crippen LogP contribution in [-0.4, -0.2) is 22.7 Å². The third-order valence-corrected chi connectivity index (χ3v) is 3.38. The van der Waals surface area contributed by atoms with Crippen LogP contribution < -0.4 is 5.32 Å². The van der Waals surface area contributed by atoms with Crippen LogP contribution in [0.2, 0.25) is 0 Å². The Hall–Kier alpha value is -2.01. The summed E-state index contributed by atoms with van der Waals surface area (Å²) < 4.78 is 44.2. The number of amides is 1. The molecule has 21 heavy (non-hydrogen) atoms. The summed E-state index contributed by atoms with van der Waals surface area (Å²) in [6.45, 7) is 1.43. The van der Waals surface area contributed by atoms with E-state index in [4.69, 9.17) is 9.68 Å². The molecule has 1 saturated carbocycles. The van der Waals surface area contributed by atoms with E-state index in [0.29, 0.717) is 12.8 Å². The summed E-state index contributed by atoms with van der Waals surface area (Å²) in [5, 5.41) is 21.0. The molecule has 1 fully saturated rings. The zero-order valence-corrected chi connectivity index (χ0v) is 11.1. The number of nitriles is 1. The Morgan fingerprint density at radius 1 is 1.52 bits per heavy atom. The van der Waals surface area contributed by atoms with E-state index in [1.54, 1.807) is 0 Å². The number of nitrogens with zero attached hydrogens (tertiary/aromatic N) is 1. The maximum absolute atomic E-state index is 13.1. The van der Waals surface area contributed by atoms with Crippen LogP contribution in [0.5, 0.6) is 0 Å². The molecule has 1 unspecified atom stereocenters. The number of aliphatic hydroxyl groups is 1. The summed E-state index contributed by atoms with van der Waals surface area (Å²) in [5.41, 5.74) is -4.51. The Labute approximate surface area is 118 Å². The molecule has 8 heteroatoms. The summed E-state index contributed by atoms with van der Waals surface area (Å²) in [6, 6.07) is 4.08. The van der Waals surface area contributed by atoms with Crippen molar-refractivity contribution < 1.29 is 27.5 Å². The van der Waals surface area contributed by atoms with Crippen molar-refractivity contribution in [3.05, 3.63) is 23.7 Å². The number of halogens is 3. The van der Waals surface area contributed by atoms with Crippen molar-refractivity contribution in [1.82, 2.24) is 5.32 Å². The van der Waals surface area contributed by atoms with Crippen molar-refractivity contribution >= 4 is 5.91 Å². The van der Waals surface area contributed by atoms with E-state index >= 15 is 0 Å². The van der Waals surface area contributed by atoms with Gasteiger partial charge in [0.25, 0.3) is 0 Å². The minimum absolute atomic E-state index is 0.184. The molecule has 1 aliphatic rings. The molecule has 1 heterocycles. The van der Waals surface area contributed by atoms with Gasteiger partial charge >= 0.3 is 6.18 Å². The summed E-state index contributed by atoms with van der Waals surface area (Å²) in [5.74, 6) is -1.61. The summed E-state index contributed by atoms with van der Waals surface area (Å²) in [4.78, 5) is 11.7. The lowest BCUT2D eigenvalue weighted by Crippen LogP contribution is -2.47. The average Bonchev–Trinajstić information content (AvgIpc) is 2.99. The molecule has 1 aromatic rings. The molecule has 1 atom stereocenters. The first-order valence-corrected chi connectivity index (χ1v) is 6.20. The van der Waals surface area contributed by atoms with Crippen LogP contribution in [0.25, 0.3) is 0 Å². The van der Waals surface area contributed by atoms with Gasteiger partial charge in [-0.15, -0.1) is 0 Å². The van der Waals surface area contributed by atoms with Crippen molar-refractivity contribution in [3.8, 4) is 6.07 Å². The van der Waals surface area contributed by atoms with Gasteiger partial charge in [-0.1, -0.05) is 0 Å². The van der Waals surface area contributed by atoms with Crippen LogP contribution >= 0.6 is 0 Å². The fourth-order valence-electron chi connectivity index (χ4n) is 1.92. The molecule has 0 bridgehead atoms. The number of hydrogen-bond donors (Lipinski definition) is 2. The maximum atomic E-state index is 13.1. The first-order valence-electron chi connectivity index (χ1n) is 6.20. The number of nitrogens with one attached hydrogen (secondary N) is 1. The van der Waals surface area contributed by atoms with E-state index in [-0.39, 0.29) is 5.76 Å². The second-order valence-corrected chi connectivity index (χ2v) is 5.19. The van der Waals surface area contributed by atoms with E-state index in [9.17, 15) is 23.1 Å². The molecule has 2 N–H and O–H groups in total. The van der Waals surface area contributed by atoms with E-state index in [1.807, 2.05) is 6.07 Å². The topological polar surface area (TPSA) is 86.3 Å². The number of hydrogen-bond acceptors (Lipinski definition) is 4. The largest absolute Gasteiger partial charge is 0.463 e. The summed E-state index contributed by atoms with van der Waals surface area (Å²) >= 11 is 0. The second kappa shape index (κ2) is 4.77. The van der Waals surface area contributed by atoms with Crippen molar-refractivity contribution in [2.24, 2.45) is 0 Å². The minimum atomic E-state index is -5.09. The van der Waals surface area contributed by atoms with Crippen molar-refractivity contribution in [1.29, 1.82) is 5.26 Å². The predicted octanol–water partition coefficient (Wildman–Crippen LogP) is 1.90. The van der Waals surface area contributed by atoms with Gasteiger partial charge in [0, 0.05) is 0 Å². The molecule has 0 radical (unpaired) electrons. The maximum Gasteiger partial charge on any atom is 0.425 e. The molecule has 0 aromatic carbocycles. The number of carbonyl (C=O) groups is 1.